The van der Waals surface area contributed by atoms with Crippen molar-refractivity contribution in [2.75, 3.05) is 45.8 Å². The van der Waals surface area contributed by atoms with Crippen molar-refractivity contribution in [2.24, 2.45) is 0 Å². The van der Waals surface area contributed by atoms with E-state index in [0.717, 1.165) is 45.6 Å². The Kier molecular flexibility index (Phi) is 5.95. The molecule has 0 aromatic rings. The number of amides is 1. The van der Waals surface area contributed by atoms with Gasteiger partial charge in [0.05, 0.1) is 0 Å². The molecule has 1 amide bonds. The molecule has 2 aliphatic rings. The summed E-state index contributed by atoms with van der Waals surface area (Å²) in [5.41, 5.74) is -0.195. The van der Waals surface area contributed by atoms with E-state index in [0.29, 0.717) is 0 Å². The van der Waals surface area contributed by atoms with Gasteiger partial charge in [-0.15, -0.1) is 0 Å². The molecule has 0 bridgehead atoms. The third-order valence-corrected chi connectivity index (χ3v) is 5.30. The first-order valence-corrected chi connectivity index (χ1v) is 9.19. The molecule has 0 spiro atoms. The SMILES string of the molecule is CCN1CCN(C2(C)CCCN(C(=O)OC(C)(C)C)CC2)CC1. The lowest BCUT2D eigenvalue weighted by Crippen LogP contribution is -2.56. The number of nitrogens with zero attached hydrogens (tertiary/aromatic N) is 3. The molecule has 2 saturated heterocycles. The van der Waals surface area contributed by atoms with Crippen LogP contribution < -0.4 is 0 Å². The van der Waals surface area contributed by atoms with E-state index in [2.05, 4.69) is 23.6 Å². The minimum absolute atomic E-state index is 0.155. The van der Waals surface area contributed by atoms with Crippen molar-refractivity contribution in [1.29, 1.82) is 0 Å². The lowest BCUT2D eigenvalue weighted by Gasteiger charge is -2.45. The molecular weight excluding hydrogens is 290 g/mol. The zero-order valence-electron chi connectivity index (χ0n) is 15.7. The van der Waals surface area contributed by atoms with Crippen molar-refractivity contribution >= 4 is 6.09 Å². The molecule has 2 fully saturated rings. The zero-order valence-corrected chi connectivity index (χ0v) is 15.7. The molecule has 0 radical (unpaired) electrons. The van der Waals surface area contributed by atoms with Crippen LogP contribution in [0.15, 0.2) is 0 Å². The second-order valence-electron chi connectivity index (χ2n) is 8.24. The highest BCUT2D eigenvalue weighted by atomic mass is 16.6. The normalized spacial score (nSPS) is 28.5. The van der Waals surface area contributed by atoms with Crippen LogP contribution >= 0.6 is 0 Å². The average Bonchev–Trinajstić information content (AvgIpc) is 2.69. The van der Waals surface area contributed by atoms with E-state index in [1.54, 1.807) is 0 Å². The fourth-order valence-corrected chi connectivity index (χ4v) is 3.69. The van der Waals surface area contributed by atoms with Crippen LogP contribution in [0.4, 0.5) is 4.79 Å². The van der Waals surface area contributed by atoms with Crippen molar-refractivity contribution < 1.29 is 9.53 Å². The van der Waals surface area contributed by atoms with Gasteiger partial charge in [-0.05, 0) is 53.5 Å². The number of rotatable bonds is 2. The zero-order chi connectivity index (χ0) is 17.1. The first kappa shape index (κ1) is 18.5. The number of likely N-dealkylation sites (N-methyl/N-ethyl adjacent to an activating group) is 1. The average molecular weight is 325 g/mol. The first-order valence-electron chi connectivity index (χ1n) is 9.19. The van der Waals surface area contributed by atoms with Gasteiger partial charge in [0.1, 0.15) is 5.60 Å². The third-order valence-electron chi connectivity index (χ3n) is 5.30. The van der Waals surface area contributed by atoms with Crippen LogP contribution in [0.5, 0.6) is 0 Å². The third kappa shape index (κ3) is 5.08. The highest BCUT2D eigenvalue weighted by Gasteiger charge is 2.36. The monoisotopic (exact) mass is 325 g/mol. The van der Waals surface area contributed by atoms with E-state index in [1.807, 2.05) is 25.7 Å². The number of piperazine rings is 1. The number of carbonyl (C=O) groups is 1. The highest BCUT2D eigenvalue weighted by Crippen LogP contribution is 2.30. The van der Waals surface area contributed by atoms with Gasteiger partial charge in [-0.1, -0.05) is 6.92 Å². The number of ether oxygens (including phenoxy) is 1. The Morgan fingerprint density at radius 2 is 1.70 bits per heavy atom. The summed E-state index contributed by atoms with van der Waals surface area (Å²) in [6.45, 7) is 17.8. The lowest BCUT2D eigenvalue weighted by atomic mass is 9.90. The summed E-state index contributed by atoms with van der Waals surface area (Å²) in [6, 6.07) is 0. The van der Waals surface area contributed by atoms with Crippen molar-refractivity contribution in [3.63, 3.8) is 0 Å². The van der Waals surface area contributed by atoms with Gasteiger partial charge in [-0.2, -0.15) is 0 Å². The van der Waals surface area contributed by atoms with Gasteiger partial charge < -0.3 is 14.5 Å². The molecule has 0 saturated carbocycles. The van der Waals surface area contributed by atoms with Crippen LogP contribution in [0.2, 0.25) is 0 Å². The van der Waals surface area contributed by atoms with E-state index >= 15 is 0 Å². The summed E-state index contributed by atoms with van der Waals surface area (Å²) < 4.78 is 5.54. The van der Waals surface area contributed by atoms with Crippen LogP contribution in [0.25, 0.3) is 0 Å². The van der Waals surface area contributed by atoms with E-state index in [1.165, 1.54) is 19.5 Å². The van der Waals surface area contributed by atoms with E-state index < -0.39 is 5.60 Å². The minimum atomic E-state index is -0.414. The number of hydrogen-bond donors (Lipinski definition) is 0. The molecule has 0 N–H and O–H groups in total. The van der Waals surface area contributed by atoms with Crippen LogP contribution in [0.3, 0.4) is 0 Å². The summed E-state index contributed by atoms with van der Waals surface area (Å²) in [5, 5.41) is 0. The molecule has 23 heavy (non-hydrogen) atoms. The van der Waals surface area contributed by atoms with Crippen molar-refractivity contribution in [1.82, 2.24) is 14.7 Å². The summed E-state index contributed by atoms with van der Waals surface area (Å²) >= 11 is 0. The predicted molar refractivity (Wildman–Crippen MR) is 93.8 cm³/mol. The standard InChI is InChI=1S/C18H35N3O2/c1-6-19-12-14-21(15-13-19)18(5)8-7-10-20(11-9-18)16(22)23-17(2,3)4/h6-15H2,1-5H3. The maximum Gasteiger partial charge on any atom is 0.410 e. The van der Waals surface area contributed by atoms with Crippen LogP contribution in [-0.2, 0) is 4.74 Å². The summed E-state index contributed by atoms with van der Waals surface area (Å²) in [5.74, 6) is 0. The topological polar surface area (TPSA) is 36.0 Å². The van der Waals surface area contributed by atoms with Crippen LogP contribution in [0.1, 0.15) is 53.9 Å². The molecule has 134 valence electrons. The Bertz CT molecular complexity index is 400. The summed E-state index contributed by atoms with van der Waals surface area (Å²) in [4.78, 5) is 19.4. The van der Waals surface area contributed by atoms with Crippen molar-refractivity contribution in [2.45, 2.75) is 65.0 Å². The minimum Gasteiger partial charge on any atom is -0.444 e. The molecule has 2 aliphatic heterocycles. The van der Waals surface area contributed by atoms with E-state index in [-0.39, 0.29) is 11.6 Å². The van der Waals surface area contributed by atoms with E-state index in [4.69, 9.17) is 4.74 Å². The fourth-order valence-electron chi connectivity index (χ4n) is 3.69. The summed E-state index contributed by atoms with van der Waals surface area (Å²) in [6.07, 6.45) is 3.11. The van der Waals surface area contributed by atoms with Gasteiger partial charge in [0.25, 0.3) is 0 Å². The largest absolute Gasteiger partial charge is 0.444 e. The first-order chi connectivity index (χ1) is 10.7. The second-order valence-corrected chi connectivity index (χ2v) is 8.24. The molecule has 5 nitrogen and oxygen atoms in total. The maximum atomic E-state index is 12.3. The predicted octanol–water partition coefficient (Wildman–Crippen LogP) is 2.80. The van der Waals surface area contributed by atoms with Crippen molar-refractivity contribution in [3.8, 4) is 0 Å². The molecule has 0 aromatic carbocycles. The molecule has 1 unspecified atom stereocenters. The number of carbonyl (C=O) groups excluding carboxylic acids is 1. The van der Waals surface area contributed by atoms with Gasteiger partial charge in [0.2, 0.25) is 0 Å². The molecule has 0 aromatic heterocycles. The fraction of sp³-hybridized carbons (Fsp3) is 0.944. The van der Waals surface area contributed by atoms with E-state index in [9.17, 15) is 4.79 Å². The van der Waals surface area contributed by atoms with Crippen LogP contribution in [-0.4, -0.2) is 77.7 Å². The van der Waals surface area contributed by atoms with Crippen LogP contribution in [0, 0.1) is 0 Å². The molecule has 1 atom stereocenters. The molecule has 2 heterocycles. The Morgan fingerprint density at radius 1 is 1.04 bits per heavy atom. The van der Waals surface area contributed by atoms with Gasteiger partial charge in [-0.3, -0.25) is 4.90 Å². The Labute approximate surface area is 141 Å². The molecular formula is C18H35N3O2. The van der Waals surface area contributed by atoms with Gasteiger partial charge in [0, 0.05) is 44.8 Å². The second kappa shape index (κ2) is 7.39. The Balaban J connectivity index is 1.91. The molecule has 0 aliphatic carbocycles. The molecule has 5 heteroatoms. The smallest absolute Gasteiger partial charge is 0.410 e. The molecule has 2 rings (SSSR count). The van der Waals surface area contributed by atoms with Gasteiger partial charge >= 0.3 is 6.09 Å². The number of likely N-dealkylation sites (tertiary alicyclic amines) is 1. The van der Waals surface area contributed by atoms with Crippen molar-refractivity contribution in [3.05, 3.63) is 0 Å². The Morgan fingerprint density at radius 3 is 2.26 bits per heavy atom. The summed E-state index contributed by atoms with van der Waals surface area (Å²) in [7, 11) is 0. The Hall–Kier alpha value is -0.810. The number of hydrogen-bond acceptors (Lipinski definition) is 4. The van der Waals surface area contributed by atoms with Gasteiger partial charge in [-0.25, -0.2) is 4.79 Å². The lowest BCUT2D eigenvalue weighted by molar-refractivity contribution is 0.0204. The maximum absolute atomic E-state index is 12.3. The quantitative estimate of drug-likeness (QED) is 0.782. The van der Waals surface area contributed by atoms with Gasteiger partial charge in [0.15, 0.2) is 0 Å². The highest BCUT2D eigenvalue weighted by molar-refractivity contribution is 5.68.